The predicted molar refractivity (Wildman–Crippen MR) is 184 cm³/mol. The molecule has 8 aromatic rings. The van der Waals surface area contributed by atoms with E-state index in [1.54, 1.807) is 42.6 Å². The molecule has 0 aliphatic heterocycles. The standard InChI is InChI=1S/C28H19N2O.C13H12N.Ir/c1-17-6-8-20-15-21(10-9-19(20)14-17)22-12-13-29-26(16-22)25-5-3-4-23-24-11-7-18(2)30-28(24)31-27(23)25;1-10-3-6-12(7-4-10)13-8-5-11(2)9-14-13;/h3-4,6-16H,1-2H3;3-6,8-9H,1-2H3;/q2*-1;/i2*1D3,2D3;. The van der Waals surface area contributed by atoms with E-state index in [0.717, 1.165) is 32.7 Å². The molecule has 1 radical (unpaired) electrons. The summed E-state index contributed by atoms with van der Waals surface area (Å²) in [6.07, 6.45) is 3.01. The van der Waals surface area contributed by atoms with Crippen molar-refractivity contribution in [2.24, 2.45) is 0 Å². The maximum atomic E-state index is 7.65. The van der Waals surface area contributed by atoms with Crippen molar-refractivity contribution >= 4 is 32.8 Å². The molecule has 4 aromatic carbocycles. The van der Waals surface area contributed by atoms with E-state index in [9.17, 15) is 0 Å². The molecule has 0 aliphatic rings. The summed E-state index contributed by atoms with van der Waals surface area (Å²) in [6, 6.07) is 35.4. The van der Waals surface area contributed by atoms with Crippen LogP contribution in [0.15, 0.2) is 120 Å². The first kappa shape index (κ1) is 19.5. The summed E-state index contributed by atoms with van der Waals surface area (Å²) in [5.74, 6) is 0. The Balaban J connectivity index is 0.000000230. The van der Waals surface area contributed by atoms with Gasteiger partial charge in [0.05, 0.1) is 5.58 Å². The van der Waals surface area contributed by atoms with Crippen LogP contribution < -0.4 is 0 Å². The van der Waals surface area contributed by atoms with Crippen LogP contribution in [-0.4, -0.2) is 15.0 Å². The van der Waals surface area contributed by atoms with Gasteiger partial charge in [0.25, 0.3) is 0 Å². The minimum Gasteiger partial charge on any atom is -0.486 e. The van der Waals surface area contributed by atoms with Gasteiger partial charge in [0.15, 0.2) is 0 Å². The molecule has 5 heteroatoms. The van der Waals surface area contributed by atoms with Gasteiger partial charge in [0.1, 0.15) is 0 Å². The SMILES string of the molecule is [2H]C([2H])([2H])c1c[c-]c(-c2ccc(C([2H])([2H])[2H])cn2)cc1.[2H]C([2H])([2H])c1ccc2cc(-c3ccnc(-c4[c-]ccc5c4oc4nc(C([2H])([2H])[2H])ccc45)c3)ccc2c1.[Ir]. The molecule has 0 atom stereocenters. The Hall–Kier alpha value is -4.96. The zero-order valence-electron chi connectivity index (χ0n) is 36.1. The van der Waals surface area contributed by atoms with Gasteiger partial charge in [-0.3, -0.25) is 0 Å². The second kappa shape index (κ2) is 13.2. The van der Waals surface area contributed by atoms with Gasteiger partial charge >= 0.3 is 0 Å². The molecule has 0 unspecified atom stereocenters. The first-order valence-corrected chi connectivity index (χ1v) is 14.0. The van der Waals surface area contributed by atoms with E-state index in [1.165, 1.54) is 30.5 Å². The fraction of sp³-hybridized carbons (Fsp3) is 0.0976. The zero-order valence-corrected chi connectivity index (χ0v) is 26.4. The quantitative estimate of drug-likeness (QED) is 0.167. The number of benzene rings is 4. The van der Waals surface area contributed by atoms with E-state index >= 15 is 0 Å². The summed E-state index contributed by atoms with van der Waals surface area (Å²) in [4.78, 5) is 12.9. The van der Waals surface area contributed by atoms with Crippen LogP contribution in [0.25, 0.3) is 66.5 Å². The molecule has 0 aliphatic carbocycles. The Kier molecular flexibility index (Phi) is 5.60. The molecule has 4 heterocycles. The van der Waals surface area contributed by atoms with Crippen LogP contribution in [-0.2, 0) is 20.1 Å². The van der Waals surface area contributed by atoms with E-state index < -0.39 is 27.4 Å². The monoisotopic (exact) mass is 786 g/mol. The van der Waals surface area contributed by atoms with Gasteiger partial charge in [-0.2, -0.15) is 0 Å². The van der Waals surface area contributed by atoms with Crippen molar-refractivity contribution in [3.8, 4) is 33.6 Å². The number of aromatic nitrogens is 3. The average molecular weight is 786 g/mol. The normalized spacial score (nSPS) is 15.8. The van der Waals surface area contributed by atoms with Gasteiger partial charge in [-0.25, -0.2) is 4.98 Å². The van der Waals surface area contributed by atoms with E-state index in [2.05, 4.69) is 27.1 Å². The number of aryl methyl sites for hydroxylation is 4. The Morgan fingerprint density at radius 3 is 2.28 bits per heavy atom. The molecule has 4 aromatic heterocycles. The van der Waals surface area contributed by atoms with Crippen molar-refractivity contribution in [2.45, 2.75) is 27.4 Å². The number of rotatable bonds is 3. The van der Waals surface area contributed by atoms with Gasteiger partial charge in [-0.15, -0.1) is 53.6 Å². The topological polar surface area (TPSA) is 51.8 Å². The van der Waals surface area contributed by atoms with Crippen LogP contribution in [0.5, 0.6) is 0 Å². The third-order valence-electron chi connectivity index (χ3n) is 7.34. The molecule has 4 nitrogen and oxygen atoms in total. The third kappa shape index (κ3) is 6.39. The summed E-state index contributed by atoms with van der Waals surface area (Å²) < 4.78 is 95.5. The fourth-order valence-electron chi connectivity index (χ4n) is 5.12. The Labute approximate surface area is 299 Å². The van der Waals surface area contributed by atoms with Crippen LogP contribution in [0, 0.1) is 39.5 Å². The summed E-state index contributed by atoms with van der Waals surface area (Å²) in [6.45, 7) is -8.81. The molecule has 0 saturated carbocycles. The van der Waals surface area contributed by atoms with Crippen molar-refractivity contribution in [3.05, 3.63) is 150 Å². The summed E-state index contributed by atoms with van der Waals surface area (Å²) in [5, 5.41) is 3.32. The molecular weight excluding hydrogens is 743 g/mol. The van der Waals surface area contributed by atoms with Gasteiger partial charge in [-0.05, 0) is 83.7 Å². The van der Waals surface area contributed by atoms with Gasteiger partial charge in [0, 0.05) is 60.0 Å². The number of hydrogen-bond donors (Lipinski definition) is 0. The first-order valence-electron chi connectivity index (χ1n) is 20.0. The van der Waals surface area contributed by atoms with Crippen LogP contribution in [0.1, 0.15) is 38.8 Å². The fourth-order valence-corrected chi connectivity index (χ4v) is 5.12. The second-order valence-electron chi connectivity index (χ2n) is 10.4. The summed E-state index contributed by atoms with van der Waals surface area (Å²) in [7, 11) is 0. The van der Waals surface area contributed by atoms with Crippen molar-refractivity contribution in [1.82, 2.24) is 15.0 Å². The van der Waals surface area contributed by atoms with E-state index in [0.29, 0.717) is 33.7 Å². The van der Waals surface area contributed by atoms with Crippen molar-refractivity contribution < 1.29 is 41.0 Å². The van der Waals surface area contributed by atoms with Crippen molar-refractivity contribution in [3.63, 3.8) is 0 Å². The molecule has 0 amide bonds. The largest absolute Gasteiger partial charge is 0.486 e. The smallest absolute Gasteiger partial charge is 0.216 e. The van der Waals surface area contributed by atoms with Crippen molar-refractivity contribution in [1.29, 1.82) is 0 Å². The number of nitrogens with zero attached hydrogens (tertiary/aromatic N) is 3. The van der Waals surface area contributed by atoms with Gasteiger partial charge < -0.3 is 14.4 Å². The predicted octanol–water partition coefficient (Wildman–Crippen LogP) is 10.4. The zero-order chi connectivity index (χ0) is 40.9. The minimum absolute atomic E-state index is 0. The molecular formula is C41H31IrN3O-2. The molecule has 227 valence electrons. The van der Waals surface area contributed by atoms with E-state index in [1.807, 2.05) is 42.5 Å². The number of hydrogen-bond acceptors (Lipinski definition) is 4. The van der Waals surface area contributed by atoms with Crippen LogP contribution in [0.3, 0.4) is 0 Å². The average Bonchev–Trinajstić information content (AvgIpc) is 3.55. The van der Waals surface area contributed by atoms with Crippen LogP contribution in [0.4, 0.5) is 0 Å². The van der Waals surface area contributed by atoms with Gasteiger partial charge in [-0.1, -0.05) is 71.9 Å². The van der Waals surface area contributed by atoms with Crippen molar-refractivity contribution in [2.75, 3.05) is 0 Å². The molecule has 0 bridgehead atoms. The number of fused-ring (bicyclic) bond motifs is 4. The maximum absolute atomic E-state index is 7.65. The molecule has 8 rings (SSSR count). The Morgan fingerprint density at radius 2 is 1.48 bits per heavy atom. The Morgan fingerprint density at radius 1 is 0.652 bits per heavy atom. The summed E-state index contributed by atoms with van der Waals surface area (Å²) >= 11 is 0. The molecule has 0 fully saturated rings. The third-order valence-corrected chi connectivity index (χ3v) is 7.34. The molecule has 0 saturated heterocycles. The number of pyridine rings is 3. The van der Waals surface area contributed by atoms with E-state index in [-0.39, 0.29) is 42.6 Å². The van der Waals surface area contributed by atoms with Crippen LogP contribution in [0.2, 0.25) is 0 Å². The van der Waals surface area contributed by atoms with E-state index in [4.69, 9.17) is 20.9 Å². The number of furan rings is 1. The molecule has 46 heavy (non-hydrogen) atoms. The molecule has 0 spiro atoms. The first-order chi connectivity index (χ1) is 26.8. The summed E-state index contributed by atoms with van der Waals surface area (Å²) in [5.41, 5.74) is 5.81. The Bertz CT molecular complexity index is 2680. The van der Waals surface area contributed by atoms with Gasteiger partial charge in [0.2, 0.25) is 5.71 Å². The maximum Gasteiger partial charge on any atom is 0.216 e. The molecule has 0 N–H and O–H groups in total. The van der Waals surface area contributed by atoms with Crippen LogP contribution >= 0.6 is 0 Å². The second-order valence-corrected chi connectivity index (χ2v) is 10.4. The minimum atomic E-state index is -2.33.